The molecule has 0 fully saturated rings. The molecule has 0 amide bonds. The highest BCUT2D eigenvalue weighted by atomic mass is 15.0. The summed E-state index contributed by atoms with van der Waals surface area (Å²) < 4.78 is 2.60. The van der Waals surface area contributed by atoms with Crippen LogP contribution in [0.15, 0.2) is 48.5 Å². The van der Waals surface area contributed by atoms with Crippen molar-refractivity contribution in [1.29, 1.82) is 0 Å². The van der Waals surface area contributed by atoms with E-state index in [0.29, 0.717) is 0 Å². The molecule has 4 aromatic rings. The minimum absolute atomic E-state index is 0.00664. The van der Waals surface area contributed by atoms with Gasteiger partial charge in [-0.1, -0.05) is 64.1 Å². The first-order chi connectivity index (χ1) is 13.5. The van der Waals surface area contributed by atoms with Gasteiger partial charge in [0.25, 0.3) is 0 Å². The first-order valence-electron chi connectivity index (χ1n) is 11.0. The van der Waals surface area contributed by atoms with E-state index in [1.165, 1.54) is 45.4 Å². The summed E-state index contributed by atoms with van der Waals surface area (Å²) in [6, 6.07) is 18.5. The van der Waals surface area contributed by atoms with Gasteiger partial charge in [0.1, 0.15) is 0 Å². The molecule has 29 heavy (non-hydrogen) atoms. The Hall–Kier alpha value is -2.28. The standard InChI is InChI=1S/C28H33N/c1-26(2,3)29-24-17-23-22(27(4,5)14-15-28(23,6)7)16-21(24)20-13-12-18-10-8-9-11-19(18)25(20)29/h8-13,16-17H,14-15H2,1-7H3. The van der Waals surface area contributed by atoms with Crippen molar-refractivity contribution in [2.75, 3.05) is 0 Å². The zero-order valence-corrected chi connectivity index (χ0v) is 19.0. The van der Waals surface area contributed by atoms with E-state index in [2.05, 4.69) is 102 Å². The minimum atomic E-state index is 0.00664. The van der Waals surface area contributed by atoms with E-state index in [4.69, 9.17) is 0 Å². The summed E-state index contributed by atoms with van der Waals surface area (Å²) in [5.41, 5.74) is 6.30. The molecule has 1 nitrogen and oxygen atoms in total. The van der Waals surface area contributed by atoms with Crippen LogP contribution in [0.1, 0.15) is 72.4 Å². The van der Waals surface area contributed by atoms with Gasteiger partial charge in [-0.25, -0.2) is 0 Å². The lowest BCUT2D eigenvalue weighted by molar-refractivity contribution is 0.332. The Kier molecular flexibility index (Phi) is 3.65. The van der Waals surface area contributed by atoms with Gasteiger partial charge in [0.05, 0.1) is 5.52 Å². The fourth-order valence-electron chi connectivity index (χ4n) is 5.53. The highest BCUT2D eigenvalue weighted by molar-refractivity contribution is 6.18. The van der Waals surface area contributed by atoms with Crippen molar-refractivity contribution in [3.05, 3.63) is 59.7 Å². The van der Waals surface area contributed by atoms with E-state index in [1.54, 1.807) is 11.1 Å². The first-order valence-corrected chi connectivity index (χ1v) is 11.0. The van der Waals surface area contributed by atoms with Crippen LogP contribution in [0.3, 0.4) is 0 Å². The summed E-state index contributed by atoms with van der Waals surface area (Å²) in [7, 11) is 0. The number of hydrogen-bond donors (Lipinski definition) is 0. The molecular formula is C28H33N. The number of nitrogens with zero attached hydrogens (tertiary/aromatic N) is 1. The third kappa shape index (κ3) is 2.59. The van der Waals surface area contributed by atoms with Crippen LogP contribution in [0.2, 0.25) is 0 Å². The number of rotatable bonds is 0. The lowest BCUT2D eigenvalue weighted by Gasteiger charge is -2.42. The molecule has 0 unspecified atom stereocenters. The highest BCUT2D eigenvalue weighted by Gasteiger charge is 2.38. The molecule has 3 aromatic carbocycles. The van der Waals surface area contributed by atoms with Crippen LogP contribution in [0.4, 0.5) is 0 Å². The largest absolute Gasteiger partial charge is 0.335 e. The summed E-state index contributed by atoms with van der Waals surface area (Å²) in [4.78, 5) is 0. The van der Waals surface area contributed by atoms with Crippen molar-refractivity contribution in [2.24, 2.45) is 0 Å². The minimum Gasteiger partial charge on any atom is -0.335 e. The van der Waals surface area contributed by atoms with Crippen LogP contribution >= 0.6 is 0 Å². The second-order valence-corrected chi connectivity index (χ2v) is 11.4. The van der Waals surface area contributed by atoms with Gasteiger partial charge in [-0.05, 0) is 73.1 Å². The zero-order chi connectivity index (χ0) is 20.8. The molecule has 1 aromatic heterocycles. The molecule has 5 rings (SSSR count). The summed E-state index contributed by atoms with van der Waals surface area (Å²) in [5.74, 6) is 0. The summed E-state index contributed by atoms with van der Waals surface area (Å²) in [6.07, 6.45) is 2.50. The van der Waals surface area contributed by atoms with Gasteiger partial charge in [-0.3, -0.25) is 0 Å². The van der Waals surface area contributed by atoms with Gasteiger partial charge in [0.2, 0.25) is 0 Å². The van der Waals surface area contributed by atoms with E-state index in [0.717, 1.165) is 0 Å². The van der Waals surface area contributed by atoms with E-state index < -0.39 is 0 Å². The maximum atomic E-state index is 2.60. The topological polar surface area (TPSA) is 4.93 Å². The molecule has 0 aliphatic heterocycles. The van der Waals surface area contributed by atoms with Crippen molar-refractivity contribution in [1.82, 2.24) is 4.57 Å². The lowest BCUT2D eigenvalue weighted by Crippen LogP contribution is -2.34. The van der Waals surface area contributed by atoms with Crippen LogP contribution in [0.5, 0.6) is 0 Å². The molecule has 0 atom stereocenters. The predicted octanol–water partition coefficient (Wildman–Crippen LogP) is 8.05. The second kappa shape index (κ2) is 5.65. The maximum Gasteiger partial charge on any atom is 0.0576 e. The van der Waals surface area contributed by atoms with Gasteiger partial charge >= 0.3 is 0 Å². The van der Waals surface area contributed by atoms with E-state index in [9.17, 15) is 0 Å². The van der Waals surface area contributed by atoms with Crippen molar-refractivity contribution in [2.45, 2.75) is 77.7 Å². The lowest BCUT2D eigenvalue weighted by atomic mass is 9.63. The fraction of sp³-hybridized carbons (Fsp3) is 0.429. The average Bonchev–Trinajstić information content (AvgIpc) is 2.99. The quantitative estimate of drug-likeness (QED) is 0.289. The molecule has 0 N–H and O–H groups in total. The third-order valence-electron chi connectivity index (χ3n) is 7.30. The molecule has 1 heterocycles. The molecule has 0 bridgehead atoms. The molecule has 150 valence electrons. The molecule has 1 aliphatic carbocycles. The van der Waals surface area contributed by atoms with Crippen LogP contribution in [-0.4, -0.2) is 4.57 Å². The van der Waals surface area contributed by atoms with E-state index in [-0.39, 0.29) is 16.4 Å². The van der Waals surface area contributed by atoms with Crippen LogP contribution in [0.25, 0.3) is 32.6 Å². The van der Waals surface area contributed by atoms with Gasteiger partial charge in [0.15, 0.2) is 0 Å². The summed E-state index contributed by atoms with van der Waals surface area (Å²) >= 11 is 0. The number of benzene rings is 3. The van der Waals surface area contributed by atoms with Gasteiger partial charge in [-0.15, -0.1) is 0 Å². The van der Waals surface area contributed by atoms with Gasteiger partial charge in [-0.2, -0.15) is 0 Å². The third-order valence-corrected chi connectivity index (χ3v) is 7.30. The van der Waals surface area contributed by atoms with Crippen molar-refractivity contribution < 1.29 is 0 Å². The normalized spacial score (nSPS) is 18.4. The van der Waals surface area contributed by atoms with Gasteiger partial charge < -0.3 is 4.57 Å². The Bertz CT molecular complexity index is 1270. The van der Waals surface area contributed by atoms with Crippen LogP contribution < -0.4 is 0 Å². The van der Waals surface area contributed by atoms with E-state index >= 15 is 0 Å². The van der Waals surface area contributed by atoms with Crippen molar-refractivity contribution in [3.63, 3.8) is 0 Å². The Morgan fingerprint density at radius 3 is 2.00 bits per heavy atom. The van der Waals surface area contributed by atoms with Crippen LogP contribution in [0, 0.1) is 0 Å². The second-order valence-electron chi connectivity index (χ2n) is 11.4. The molecule has 0 saturated heterocycles. The molecule has 1 heteroatoms. The monoisotopic (exact) mass is 383 g/mol. The SMILES string of the molecule is CC1(C)CCC(C)(C)c2cc3c(cc21)c1ccc2ccccc2c1n3C(C)(C)C. The Labute approximate surface area is 174 Å². The molecular weight excluding hydrogens is 350 g/mol. The zero-order valence-electron chi connectivity index (χ0n) is 19.0. The first kappa shape index (κ1) is 18.7. The Morgan fingerprint density at radius 2 is 1.34 bits per heavy atom. The average molecular weight is 384 g/mol. The van der Waals surface area contributed by atoms with E-state index in [1.807, 2.05) is 0 Å². The molecule has 0 radical (unpaired) electrons. The highest BCUT2D eigenvalue weighted by Crippen LogP contribution is 2.49. The summed E-state index contributed by atoms with van der Waals surface area (Å²) in [5, 5.41) is 5.46. The Morgan fingerprint density at radius 1 is 0.724 bits per heavy atom. The Balaban J connectivity index is 2.04. The smallest absolute Gasteiger partial charge is 0.0576 e. The maximum absolute atomic E-state index is 2.60. The fourth-order valence-corrected chi connectivity index (χ4v) is 5.53. The number of fused-ring (bicyclic) bond motifs is 6. The molecule has 0 spiro atoms. The van der Waals surface area contributed by atoms with Crippen LogP contribution in [-0.2, 0) is 16.4 Å². The molecule has 1 aliphatic rings. The van der Waals surface area contributed by atoms with Crippen molar-refractivity contribution >= 4 is 32.6 Å². The predicted molar refractivity (Wildman–Crippen MR) is 127 cm³/mol. The van der Waals surface area contributed by atoms with Crippen molar-refractivity contribution in [3.8, 4) is 0 Å². The molecule has 0 saturated carbocycles. The number of aromatic nitrogens is 1. The summed E-state index contributed by atoms with van der Waals surface area (Å²) in [6.45, 7) is 16.7. The van der Waals surface area contributed by atoms with Gasteiger partial charge in [0, 0.05) is 27.2 Å². The number of hydrogen-bond acceptors (Lipinski definition) is 0.